The van der Waals surface area contributed by atoms with Crippen molar-refractivity contribution in [1.29, 1.82) is 0 Å². The van der Waals surface area contributed by atoms with Crippen LogP contribution < -0.4 is 9.80 Å². The minimum absolute atomic E-state index is 0.156. The molecule has 1 saturated carbocycles. The number of aromatic amines is 1. The topological polar surface area (TPSA) is 88.0 Å². The molecule has 2 bridgehead atoms. The number of nitrogens with one attached hydrogen (secondary N) is 1. The third-order valence-corrected chi connectivity index (χ3v) is 9.89. The van der Waals surface area contributed by atoms with E-state index in [1.165, 1.54) is 0 Å². The standard InChI is InChI=1S/C31H37FN8O/c1-16-5-10-24-26(17(2)35-36-24)25(16)29-33-23-11-12-39(31-27(32)28(18-6-7-18)37-38(31)3)15-22(23)30(34-29)40-19-8-9-20(40)14-21(13-19)41-4/h5,10,18-21H,6-9,11-15H2,1-4H3,(H,35,36). The predicted octanol–water partition coefficient (Wildman–Crippen LogP) is 5.10. The van der Waals surface area contributed by atoms with Gasteiger partial charge in [0.1, 0.15) is 11.5 Å². The fourth-order valence-corrected chi connectivity index (χ4v) is 7.70. The van der Waals surface area contributed by atoms with E-state index in [0.29, 0.717) is 36.7 Å². The molecule has 41 heavy (non-hydrogen) atoms. The van der Waals surface area contributed by atoms with Crippen molar-refractivity contribution < 1.29 is 9.13 Å². The van der Waals surface area contributed by atoms with Gasteiger partial charge in [-0.25, -0.2) is 19.0 Å². The molecule has 4 aliphatic rings. The highest BCUT2D eigenvalue weighted by Gasteiger charge is 2.44. The van der Waals surface area contributed by atoms with Crippen molar-refractivity contribution in [2.75, 3.05) is 23.5 Å². The minimum atomic E-state index is -0.156. The number of hydrogen-bond donors (Lipinski definition) is 1. The lowest BCUT2D eigenvalue weighted by Gasteiger charge is -2.41. The second-order valence-corrected chi connectivity index (χ2v) is 12.5. The highest BCUT2D eigenvalue weighted by Crippen LogP contribution is 2.45. The van der Waals surface area contributed by atoms with Crippen molar-refractivity contribution in [3.8, 4) is 11.4 Å². The van der Waals surface area contributed by atoms with Crippen LogP contribution in [0.15, 0.2) is 12.1 Å². The van der Waals surface area contributed by atoms with Crippen molar-refractivity contribution >= 4 is 22.5 Å². The van der Waals surface area contributed by atoms with Crippen LogP contribution in [-0.4, -0.2) is 61.8 Å². The summed E-state index contributed by atoms with van der Waals surface area (Å²) in [6.07, 6.45) is 7.34. The molecule has 1 N–H and O–H groups in total. The van der Waals surface area contributed by atoms with Gasteiger partial charge in [-0.2, -0.15) is 10.2 Å². The van der Waals surface area contributed by atoms with E-state index in [1.54, 1.807) is 4.68 Å². The zero-order valence-electron chi connectivity index (χ0n) is 24.2. The number of rotatable bonds is 5. The maximum atomic E-state index is 15.7. The molecule has 4 aromatic rings. The van der Waals surface area contributed by atoms with Gasteiger partial charge in [0.05, 0.1) is 17.3 Å². The lowest BCUT2D eigenvalue weighted by Crippen LogP contribution is -2.47. The van der Waals surface area contributed by atoms with Crippen LogP contribution in [0.3, 0.4) is 0 Å². The fourth-order valence-electron chi connectivity index (χ4n) is 7.70. The number of benzene rings is 1. The lowest BCUT2D eigenvalue weighted by molar-refractivity contribution is 0.0681. The van der Waals surface area contributed by atoms with Gasteiger partial charge in [-0.15, -0.1) is 0 Å². The third-order valence-electron chi connectivity index (χ3n) is 9.89. The number of aromatic nitrogens is 6. The Morgan fingerprint density at radius 1 is 1.05 bits per heavy atom. The summed E-state index contributed by atoms with van der Waals surface area (Å²) in [6, 6.07) is 4.92. The van der Waals surface area contributed by atoms with Crippen LogP contribution in [0.25, 0.3) is 22.3 Å². The van der Waals surface area contributed by atoms with Gasteiger partial charge in [0.25, 0.3) is 0 Å². The summed E-state index contributed by atoms with van der Waals surface area (Å²) in [5.74, 6) is 2.47. The Labute approximate surface area is 239 Å². The Kier molecular flexibility index (Phi) is 5.68. The number of piperidine rings is 1. The third kappa shape index (κ3) is 3.90. The molecule has 214 valence electrons. The van der Waals surface area contributed by atoms with E-state index in [9.17, 15) is 0 Å². The van der Waals surface area contributed by atoms with Crippen molar-refractivity contribution in [2.45, 2.75) is 89.4 Å². The zero-order chi connectivity index (χ0) is 28.0. The largest absolute Gasteiger partial charge is 0.381 e. The average Bonchev–Trinajstić information content (AvgIpc) is 3.62. The fraction of sp³-hybridized carbons (Fsp3) is 0.548. The normalized spacial score (nSPS) is 24.0. The van der Waals surface area contributed by atoms with Gasteiger partial charge in [0.15, 0.2) is 17.5 Å². The smallest absolute Gasteiger partial charge is 0.188 e. The van der Waals surface area contributed by atoms with Crippen molar-refractivity contribution in [2.24, 2.45) is 7.05 Å². The van der Waals surface area contributed by atoms with E-state index in [0.717, 1.165) is 95.6 Å². The van der Waals surface area contributed by atoms with E-state index >= 15 is 4.39 Å². The van der Waals surface area contributed by atoms with E-state index < -0.39 is 0 Å². The first-order valence-electron chi connectivity index (χ1n) is 15.0. The molecule has 2 unspecified atom stereocenters. The molecule has 6 heterocycles. The number of halogens is 1. The van der Waals surface area contributed by atoms with Crippen LogP contribution >= 0.6 is 0 Å². The van der Waals surface area contributed by atoms with Crippen LogP contribution in [0.2, 0.25) is 0 Å². The van der Waals surface area contributed by atoms with Gasteiger partial charge in [0.2, 0.25) is 0 Å². The van der Waals surface area contributed by atoms with Crippen LogP contribution in [0.5, 0.6) is 0 Å². The lowest BCUT2D eigenvalue weighted by atomic mass is 9.96. The Morgan fingerprint density at radius 3 is 2.56 bits per heavy atom. The number of aryl methyl sites for hydroxylation is 3. The Bertz CT molecular complexity index is 1660. The first kappa shape index (κ1) is 25.2. The molecule has 3 aromatic heterocycles. The average molecular weight is 557 g/mol. The summed E-state index contributed by atoms with van der Waals surface area (Å²) >= 11 is 0. The summed E-state index contributed by atoms with van der Waals surface area (Å²) in [7, 11) is 3.70. The second-order valence-electron chi connectivity index (χ2n) is 12.5. The Balaban J connectivity index is 1.27. The molecule has 2 saturated heterocycles. The SMILES string of the molecule is COC1CC2CCC(C1)N2c1nc(-c2c(C)ccc3n[nH]c(C)c23)nc2c1CN(c1c(F)c(C3CC3)nn1C)CC2. The molecule has 1 aromatic carbocycles. The zero-order valence-corrected chi connectivity index (χ0v) is 24.2. The summed E-state index contributed by atoms with van der Waals surface area (Å²) in [6.45, 7) is 5.45. The molecule has 2 atom stereocenters. The number of anilines is 2. The number of ether oxygens (including phenoxy) is 1. The number of hydrogen-bond acceptors (Lipinski definition) is 7. The molecular weight excluding hydrogens is 519 g/mol. The Hall–Kier alpha value is -3.53. The van der Waals surface area contributed by atoms with Crippen LogP contribution in [0.4, 0.5) is 16.0 Å². The maximum Gasteiger partial charge on any atom is 0.188 e. The number of fused-ring (bicyclic) bond motifs is 4. The van der Waals surface area contributed by atoms with Crippen molar-refractivity contribution in [3.05, 3.63) is 46.2 Å². The molecule has 10 heteroatoms. The Morgan fingerprint density at radius 2 is 1.83 bits per heavy atom. The van der Waals surface area contributed by atoms with Gasteiger partial charge in [0, 0.05) is 73.9 Å². The van der Waals surface area contributed by atoms with Crippen LogP contribution in [0, 0.1) is 19.7 Å². The molecule has 3 aliphatic heterocycles. The molecule has 8 rings (SSSR count). The second kappa shape index (κ2) is 9.24. The van der Waals surface area contributed by atoms with Gasteiger partial charge in [-0.05, 0) is 64.0 Å². The van der Waals surface area contributed by atoms with Crippen LogP contribution in [-0.2, 0) is 24.8 Å². The van der Waals surface area contributed by atoms with E-state index in [-0.39, 0.29) is 17.8 Å². The minimum Gasteiger partial charge on any atom is -0.381 e. The molecule has 1 aliphatic carbocycles. The maximum absolute atomic E-state index is 15.7. The molecule has 3 fully saturated rings. The predicted molar refractivity (Wildman–Crippen MR) is 156 cm³/mol. The molecular formula is C31H37FN8O. The number of methoxy groups -OCH3 is 1. The highest BCUT2D eigenvalue weighted by molar-refractivity contribution is 5.96. The number of nitrogens with zero attached hydrogens (tertiary/aromatic N) is 7. The van der Waals surface area contributed by atoms with Gasteiger partial charge >= 0.3 is 0 Å². The molecule has 0 spiro atoms. The molecule has 0 radical (unpaired) electrons. The summed E-state index contributed by atoms with van der Waals surface area (Å²) in [5, 5.41) is 13.4. The highest BCUT2D eigenvalue weighted by atomic mass is 19.1. The summed E-state index contributed by atoms with van der Waals surface area (Å²) in [5.41, 5.74) is 6.94. The van der Waals surface area contributed by atoms with E-state index in [4.69, 9.17) is 14.7 Å². The van der Waals surface area contributed by atoms with Gasteiger partial charge in [-0.3, -0.25) is 5.10 Å². The molecule has 0 amide bonds. The van der Waals surface area contributed by atoms with Crippen LogP contribution in [0.1, 0.15) is 72.7 Å². The molecule has 9 nitrogen and oxygen atoms in total. The van der Waals surface area contributed by atoms with Gasteiger partial charge in [-0.1, -0.05) is 6.07 Å². The summed E-state index contributed by atoms with van der Waals surface area (Å²) in [4.78, 5) is 15.4. The number of H-pyrrole nitrogens is 1. The van der Waals surface area contributed by atoms with Gasteiger partial charge < -0.3 is 14.5 Å². The quantitative estimate of drug-likeness (QED) is 0.366. The van der Waals surface area contributed by atoms with Crippen molar-refractivity contribution in [3.63, 3.8) is 0 Å². The first-order chi connectivity index (χ1) is 19.9. The van der Waals surface area contributed by atoms with E-state index in [2.05, 4.69) is 51.1 Å². The summed E-state index contributed by atoms with van der Waals surface area (Å²) < 4.78 is 23.3. The monoisotopic (exact) mass is 556 g/mol. The van der Waals surface area contributed by atoms with Crippen molar-refractivity contribution in [1.82, 2.24) is 29.9 Å². The first-order valence-corrected chi connectivity index (χ1v) is 15.0. The van der Waals surface area contributed by atoms with E-state index in [1.807, 2.05) is 14.2 Å².